The van der Waals surface area contributed by atoms with Gasteiger partial charge in [-0.2, -0.15) is 0 Å². The molecular weight excluding hydrogens is 238 g/mol. The third-order valence-corrected chi connectivity index (χ3v) is 3.13. The van der Waals surface area contributed by atoms with Crippen molar-refractivity contribution >= 4 is 0 Å². The molecule has 1 unspecified atom stereocenters. The summed E-state index contributed by atoms with van der Waals surface area (Å²) in [7, 11) is 0. The first-order chi connectivity index (χ1) is 8.99. The number of likely N-dealkylation sites (N-methyl/N-ethyl adjacent to an activating group) is 1. The summed E-state index contributed by atoms with van der Waals surface area (Å²) in [4.78, 5) is 0. The van der Waals surface area contributed by atoms with Crippen LogP contribution in [0, 0.1) is 0 Å². The van der Waals surface area contributed by atoms with E-state index in [1.807, 2.05) is 25.1 Å². The summed E-state index contributed by atoms with van der Waals surface area (Å²) in [5, 5.41) is 12.5. The van der Waals surface area contributed by atoms with Crippen molar-refractivity contribution < 1.29 is 9.84 Å². The molecule has 0 saturated heterocycles. The molecule has 1 aromatic carbocycles. The smallest absolute Gasteiger partial charge is 0.123 e. The van der Waals surface area contributed by atoms with Crippen LogP contribution in [-0.2, 0) is 5.41 Å². The molecule has 0 saturated carbocycles. The molecule has 1 aromatic rings. The van der Waals surface area contributed by atoms with E-state index in [0.29, 0.717) is 6.61 Å². The van der Waals surface area contributed by atoms with Gasteiger partial charge in [-0.05, 0) is 30.0 Å². The Balaban J connectivity index is 2.58. The van der Waals surface area contributed by atoms with E-state index in [4.69, 9.17) is 4.74 Å². The molecule has 0 aliphatic carbocycles. The second-order valence-corrected chi connectivity index (χ2v) is 5.82. The maximum atomic E-state index is 9.22. The van der Waals surface area contributed by atoms with Crippen molar-refractivity contribution in [2.24, 2.45) is 0 Å². The van der Waals surface area contributed by atoms with Gasteiger partial charge in [0.05, 0.1) is 13.2 Å². The number of hydrogen-bond donors (Lipinski definition) is 2. The Bertz CT molecular complexity index is 371. The van der Waals surface area contributed by atoms with E-state index < -0.39 is 0 Å². The van der Waals surface area contributed by atoms with Crippen molar-refractivity contribution in [2.75, 3.05) is 19.8 Å². The van der Waals surface area contributed by atoms with Gasteiger partial charge in [0.15, 0.2) is 0 Å². The Labute approximate surface area is 117 Å². The number of ether oxygens (including phenoxy) is 1. The number of aliphatic hydroxyl groups is 1. The fourth-order valence-corrected chi connectivity index (χ4v) is 2.07. The quantitative estimate of drug-likeness (QED) is 0.796. The SMILES string of the molecule is CCNC(CO)CCOc1ccccc1C(C)(C)C. The minimum absolute atomic E-state index is 0.0780. The topological polar surface area (TPSA) is 41.5 Å². The van der Waals surface area contributed by atoms with Gasteiger partial charge < -0.3 is 15.2 Å². The second kappa shape index (κ2) is 7.51. The van der Waals surface area contributed by atoms with Crippen molar-refractivity contribution in [1.29, 1.82) is 0 Å². The van der Waals surface area contributed by atoms with Crippen LogP contribution in [0.25, 0.3) is 0 Å². The predicted molar refractivity (Wildman–Crippen MR) is 79.8 cm³/mol. The van der Waals surface area contributed by atoms with E-state index in [1.54, 1.807) is 0 Å². The zero-order chi connectivity index (χ0) is 14.3. The maximum Gasteiger partial charge on any atom is 0.123 e. The molecule has 19 heavy (non-hydrogen) atoms. The molecule has 0 fully saturated rings. The van der Waals surface area contributed by atoms with Crippen LogP contribution in [0.3, 0.4) is 0 Å². The summed E-state index contributed by atoms with van der Waals surface area (Å²) in [5.41, 5.74) is 1.30. The number of aliphatic hydroxyl groups excluding tert-OH is 1. The van der Waals surface area contributed by atoms with Gasteiger partial charge in [-0.3, -0.25) is 0 Å². The Hall–Kier alpha value is -1.06. The van der Waals surface area contributed by atoms with E-state index >= 15 is 0 Å². The maximum absolute atomic E-state index is 9.22. The first-order valence-corrected chi connectivity index (χ1v) is 7.05. The van der Waals surface area contributed by atoms with Gasteiger partial charge in [-0.15, -0.1) is 0 Å². The molecule has 0 amide bonds. The lowest BCUT2D eigenvalue weighted by Crippen LogP contribution is -2.33. The third-order valence-electron chi connectivity index (χ3n) is 3.13. The van der Waals surface area contributed by atoms with Crippen LogP contribution in [-0.4, -0.2) is 30.9 Å². The summed E-state index contributed by atoms with van der Waals surface area (Å²) in [5.74, 6) is 0.947. The van der Waals surface area contributed by atoms with Crippen LogP contribution >= 0.6 is 0 Å². The lowest BCUT2D eigenvalue weighted by atomic mass is 9.86. The Morgan fingerprint density at radius 2 is 1.95 bits per heavy atom. The highest BCUT2D eigenvalue weighted by atomic mass is 16.5. The first-order valence-electron chi connectivity index (χ1n) is 7.05. The van der Waals surface area contributed by atoms with Crippen LogP contribution in [0.1, 0.15) is 39.7 Å². The van der Waals surface area contributed by atoms with Crippen LogP contribution in [0.2, 0.25) is 0 Å². The highest BCUT2D eigenvalue weighted by Gasteiger charge is 2.18. The Morgan fingerprint density at radius 3 is 2.53 bits per heavy atom. The van der Waals surface area contributed by atoms with Crippen LogP contribution < -0.4 is 10.1 Å². The molecule has 0 radical (unpaired) electrons. The largest absolute Gasteiger partial charge is 0.493 e. The minimum Gasteiger partial charge on any atom is -0.493 e. The summed E-state index contributed by atoms with van der Waals surface area (Å²) in [6.45, 7) is 10.2. The second-order valence-electron chi connectivity index (χ2n) is 5.82. The Kier molecular flexibility index (Phi) is 6.32. The van der Waals surface area contributed by atoms with Crippen molar-refractivity contribution in [3.8, 4) is 5.75 Å². The normalized spacial score (nSPS) is 13.3. The average molecular weight is 265 g/mol. The highest BCUT2D eigenvalue weighted by Crippen LogP contribution is 2.30. The van der Waals surface area contributed by atoms with Gasteiger partial charge in [0, 0.05) is 6.04 Å². The van der Waals surface area contributed by atoms with E-state index in [1.165, 1.54) is 5.56 Å². The van der Waals surface area contributed by atoms with Crippen molar-refractivity contribution in [2.45, 2.75) is 45.6 Å². The van der Waals surface area contributed by atoms with Crippen LogP contribution in [0.15, 0.2) is 24.3 Å². The predicted octanol–water partition coefficient (Wildman–Crippen LogP) is 2.72. The molecule has 1 atom stereocenters. The first kappa shape index (κ1) is 16.0. The number of para-hydroxylation sites is 1. The molecule has 0 aliphatic rings. The lowest BCUT2D eigenvalue weighted by Gasteiger charge is -2.23. The molecule has 3 nitrogen and oxygen atoms in total. The fourth-order valence-electron chi connectivity index (χ4n) is 2.07. The summed E-state index contributed by atoms with van der Waals surface area (Å²) < 4.78 is 5.89. The molecule has 0 heterocycles. The molecule has 0 bridgehead atoms. The summed E-state index contributed by atoms with van der Waals surface area (Å²) in [6.07, 6.45) is 0.808. The van der Waals surface area contributed by atoms with Crippen molar-refractivity contribution in [3.63, 3.8) is 0 Å². The van der Waals surface area contributed by atoms with Gasteiger partial charge in [0.25, 0.3) is 0 Å². The lowest BCUT2D eigenvalue weighted by molar-refractivity contribution is 0.209. The van der Waals surface area contributed by atoms with Crippen LogP contribution in [0.5, 0.6) is 5.75 Å². The molecule has 1 rings (SSSR count). The fraction of sp³-hybridized carbons (Fsp3) is 0.625. The average Bonchev–Trinajstić information content (AvgIpc) is 2.37. The monoisotopic (exact) mass is 265 g/mol. The molecular formula is C16H27NO2. The number of hydrogen-bond acceptors (Lipinski definition) is 3. The van der Waals surface area contributed by atoms with E-state index in [0.717, 1.165) is 18.7 Å². The van der Waals surface area contributed by atoms with Gasteiger partial charge in [0.2, 0.25) is 0 Å². The zero-order valence-corrected chi connectivity index (χ0v) is 12.6. The molecule has 0 aliphatic heterocycles. The van der Waals surface area contributed by atoms with Crippen molar-refractivity contribution in [3.05, 3.63) is 29.8 Å². The number of benzene rings is 1. The van der Waals surface area contributed by atoms with Gasteiger partial charge in [-0.25, -0.2) is 0 Å². The zero-order valence-electron chi connectivity index (χ0n) is 12.6. The molecule has 3 heteroatoms. The van der Waals surface area contributed by atoms with Crippen molar-refractivity contribution in [1.82, 2.24) is 5.32 Å². The van der Waals surface area contributed by atoms with E-state index in [9.17, 15) is 5.11 Å². The third kappa shape index (κ3) is 5.21. The molecule has 0 aromatic heterocycles. The van der Waals surface area contributed by atoms with Gasteiger partial charge >= 0.3 is 0 Å². The standard InChI is InChI=1S/C16H27NO2/c1-5-17-13(12-18)10-11-19-15-9-7-6-8-14(15)16(2,3)4/h6-9,13,17-18H,5,10-12H2,1-4H3. The summed E-state index contributed by atoms with van der Waals surface area (Å²) >= 11 is 0. The summed E-state index contributed by atoms with van der Waals surface area (Å²) in [6, 6.07) is 8.29. The molecule has 0 spiro atoms. The van der Waals surface area contributed by atoms with Gasteiger partial charge in [-0.1, -0.05) is 45.9 Å². The molecule has 2 N–H and O–H groups in total. The minimum atomic E-state index is 0.0780. The highest BCUT2D eigenvalue weighted by molar-refractivity contribution is 5.38. The van der Waals surface area contributed by atoms with Crippen LogP contribution in [0.4, 0.5) is 0 Å². The van der Waals surface area contributed by atoms with Gasteiger partial charge in [0.1, 0.15) is 5.75 Å². The van der Waals surface area contributed by atoms with E-state index in [-0.39, 0.29) is 18.1 Å². The van der Waals surface area contributed by atoms with E-state index in [2.05, 4.69) is 32.2 Å². The molecule has 108 valence electrons. The number of nitrogens with one attached hydrogen (secondary N) is 1. The number of rotatable bonds is 7. The Morgan fingerprint density at radius 1 is 1.26 bits per heavy atom.